The molecule has 0 radical (unpaired) electrons. The summed E-state index contributed by atoms with van der Waals surface area (Å²) in [5.74, 6) is -0.514. The number of carbonyl (C=O) groups excluding carboxylic acids is 3. The van der Waals surface area contributed by atoms with Crippen LogP contribution < -0.4 is 5.32 Å². The molecule has 2 aliphatic rings. The number of hydrogen-bond acceptors (Lipinski definition) is 3. The lowest BCUT2D eigenvalue weighted by atomic mass is 9.91. The second kappa shape index (κ2) is 9.19. The highest BCUT2D eigenvalue weighted by molar-refractivity contribution is 6.09. The molecular formula is C24H35N3O3. The maximum Gasteiger partial charge on any atom is 0.325 e. The van der Waals surface area contributed by atoms with E-state index in [4.69, 9.17) is 0 Å². The van der Waals surface area contributed by atoms with E-state index in [1.807, 2.05) is 43.0 Å². The number of benzene rings is 1. The summed E-state index contributed by atoms with van der Waals surface area (Å²) in [5.41, 5.74) is 0.799. The van der Waals surface area contributed by atoms with Gasteiger partial charge in [-0.05, 0) is 51.2 Å². The Morgan fingerprint density at radius 3 is 2.37 bits per heavy atom. The summed E-state index contributed by atoms with van der Waals surface area (Å²) in [6, 6.07) is 7.54. The van der Waals surface area contributed by atoms with Gasteiger partial charge in [-0.15, -0.1) is 0 Å². The quantitative estimate of drug-likeness (QED) is 0.688. The van der Waals surface area contributed by atoms with Crippen molar-refractivity contribution in [2.24, 2.45) is 0 Å². The highest BCUT2D eigenvalue weighted by atomic mass is 16.2. The molecule has 0 bridgehead atoms. The molecule has 6 heteroatoms. The molecule has 1 aliphatic carbocycles. The minimum absolute atomic E-state index is 0.0406. The molecule has 6 nitrogen and oxygen atoms in total. The van der Waals surface area contributed by atoms with Gasteiger partial charge < -0.3 is 10.2 Å². The Bertz CT molecular complexity index is 783. The maximum atomic E-state index is 13.2. The van der Waals surface area contributed by atoms with Gasteiger partial charge in [-0.1, -0.05) is 56.9 Å². The second-order valence-corrected chi connectivity index (χ2v) is 9.08. The van der Waals surface area contributed by atoms with Crippen LogP contribution in [-0.4, -0.2) is 46.3 Å². The van der Waals surface area contributed by atoms with Crippen LogP contribution in [0.15, 0.2) is 24.3 Å². The number of rotatable bonds is 7. The van der Waals surface area contributed by atoms with Crippen LogP contribution in [0, 0.1) is 0 Å². The monoisotopic (exact) mass is 413 g/mol. The summed E-state index contributed by atoms with van der Waals surface area (Å²) in [7, 11) is 0. The molecule has 2 fully saturated rings. The van der Waals surface area contributed by atoms with Gasteiger partial charge in [-0.2, -0.15) is 0 Å². The lowest BCUT2D eigenvalue weighted by Crippen LogP contribution is -2.51. The molecule has 1 saturated heterocycles. The van der Waals surface area contributed by atoms with Crippen LogP contribution in [0.4, 0.5) is 4.79 Å². The molecule has 4 amide bonds. The topological polar surface area (TPSA) is 69.7 Å². The fourth-order valence-corrected chi connectivity index (χ4v) is 4.82. The number of nitrogens with one attached hydrogen (secondary N) is 1. The first-order chi connectivity index (χ1) is 14.3. The molecule has 1 aromatic carbocycles. The number of imide groups is 1. The molecule has 1 heterocycles. The summed E-state index contributed by atoms with van der Waals surface area (Å²) in [6.07, 6.45) is 7.46. The van der Waals surface area contributed by atoms with E-state index in [2.05, 4.69) is 12.2 Å². The lowest BCUT2D eigenvalue weighted by molar-refractivity contribution is -0.142. The van der Waals surface area contributed by atoms with Crippen molar-refractivity contribution in [3.63, 3.8) is 0 Å². The van der Waals surface area contributed by atoms with E-state index in [-0.39, 0.29) is 30.4 Å². The first-order valence-corrected chi connectivity index (χ1v) is 11.3. The van der Waals surface area contributed by atoms with Crippen molar-refractivity contribution < 1.29 is 14.4 Å². The molecule has 30 heavy (non-hydrogen) atoms. The molecule has 0 aromatic heterocycles. The van der Waals surface area contributed by atoms with Crippen molar-refractivity contribution in [3.8, 4) is 0 Å². The van der Waals surface area contributed by atoms with E-state index < -0.39 is 11.6 Å². The Kier molecular flexibility index (Phi) is 6.84. The van der Waals surface area contributed by atoms with E-state index in [9.17, 15) is 14.4 Å². The molecule has 0 spiro atoms. The molecule has 1 unspecified atom stereocenters. The normalized spacial score (nSPS) is 22.5. The summed E-state index contributed by atoms with van der Waals surface area (Å²) in [5, 5.41) is 2.82. The molecule has 3 rings (SSSR count). The van der Waals surface area contributed by atoms with Gasteiger partial charge in [0, 0.05) is 12.1 Å². The van der Waals surface area contributed by atoms with Gasteiger partial charge in [-0.3, -0.25) is 14.5 Å². The Balaban J connectivity index is 1.75. The van der Waals surface area contributed by atoms with Crippen molar-refractivity contribution >= 4 is 17.8 Å². The maximum absolute atomic E-state index is 13.2. The molecule has 164 valence electrons. The third kappa shape index (κ3) is 4.37. The Hall–Kier alpha value is -2.37. The van der Waals surface area contributed by atoms with Crippen LogP contribution in [0.5, 0.6) is 0 Å². The Morgan fingerprint density at radius 1 is 1.17 bits per heavy atom. The number of hydrogen-bond donors (Lipinski definition) is 1. The van der Waals surface area contributed by atoms with Crippen molar-refractivity contribution in [2.45, 2.75) is 90.3 Å². The minimum Gasteiger partial charge on any atom is -0.336 e. The number of aryl methyl sites for hydroxylation is 1. The Labute approximate surface area is 180 Å². The van der Waals surface area contributed by atoms with Gasteiger partial charge >= 0.3 is 6.03 Å². The van der Waals surface area contributed by atoms with Crippen LogP contribution in [0.25, 0.3) is 0 Å². The SMILES string of the molecule is CCCc1ccc(C2(C)NC(=O)N(CC(=O)N(C(C)C)C3CCCCC3)C2=O)cc1. The van der Waals surface area contributed by atoms with Gasteiger partial charge in [-0.25, -0.2) is 4.79 Å². The number of nitrogens with zero attached hydrogens (tertiary/aromatic N) is 2. The molecule has 1 saturated carbocycles. The summed E-state index contributed by atoms with van der Waals surface area (Å²) < 4.78 is 0. The van der Waals surface area contributed by atoms with Gasteiger partial charge in [0.05, 0.1) is 0 Å². The van der Waals surface area contributed by atoms with Crippen LogP contribution in [-0.2, 0) is 21.5 Å². The predicted molar refractivity (Wildman–Crippen MR) is 117 cm³/mol. The largest absolute Gasteiger partial charge is 0.336 e. The summed E-state index contributed by atoms with van der Waals surface area (Å²) in [4.78, 5) is 42.0. The zero-order valence-corrected chi connectivity index (χ0v) is 18.7. The summed E-state index contributed by atoms with van der Waals surface area (Å²) >= 11 is 0. The van der Waals surface area contributed by atoms with Gasteiger partial charge in [0.15, 0.2) is 0 Å². The van der Waals surface area contributed by atoms with E-state index in [0.29, 0.717) is 0 Å². The van der Waals surface area contributed by atoms with Crippen LogP contribution in [0.3, 0.4) is 0 Å². The number of carbonyl (C=O) groups is 3. The summed E-state index contributed by atoms with van der Waals surface area (Å²) in [6.45, 7) is 7.63. The standard InChI is InChI=1S/C24H35N3O3/c1-5-9-18-12-14-19(15-13-18)24(4)22(29)26(23(30)25-24)16-21(28)27(17(2)3)20-10-7-6-8-11-20/h12-15,17,20H,5-11,16H2,1-4H3,(H,25,30). The highest BCUT2D eigenvalue weighted by Crippen LogP contribution is 2.30. The fraction of sp³-hybridized carbons (Fsp3) is 0.625. The average Bonchev–Trinajstić information content (AvgIpc) is 2.93. The molecular weight excluding hydrogens is 378 g/mol. The Morgan fingerprint density at radius 2 is 1.80 bits per heavy atom. The van der Waals surface area contributed by atoms with Crippen molar-refractivity contribution in [3.05, 3.63) is 35.4 Å². The highest BCUT2D eigenvalue weighted by Gasteiger charge is 2.50. The predicted octanol–water partition coefficient (Wildman–Crippen LogP) is 3.98. The van der Waals surface area contributed by atoms with Crippen LogP contribution in [0.1, 0.15) is 77.3 Å². The lowest BCUT2D eigenvalue weighted by Gasteiger charge is -2.38. The van der Waals surface area contributed by atoms with Gasteiger partial charge in [0.1, 0.15) is 12.1 Å². The molecule has 1 aliphatic heterocycles. The third-order valence-electron chi connectivity index (χ3n) is 6.45. The van der Waals surface area contributed by atoms with E-state index in [1.54, 1.807) is 6.92 Å². The number of amides is 4. The third-order valence-corrected chi connectivity index (χ3v) is 6.45. The zero-order valence-electron chi connectivity index (χ0n) is 18.7. The smallest absolute Gasteiger partial charge is 0.325 e. The van der Waals surface area contributed by atoms with Crippen molar-refractivity contribution in [2.75, 3.05) is 6.54 Å². The van der Waals surface area contributed by atoms with E-state index in [1.165, 1.54) is 12.0 Å². The van der Waals surface area contributed by atoms with Crippen LogP contribution in [0.2, 0.25) is 0 Å². The van der Waals surface area contributed by atoms with Gasteiger partial charge in [0.2, 0.25) is 5.91 Å². The average molecular weight is 414 g/mol. The molecule has 1 N–H and O–H groups in total. The van der Waals surface area contributed by atoms with Crippen molar-refractivity contribution in [1.29, 1.82) is 0 Å². The zero-order chi connectivity index (χ0) is 21.9. The molecule has 1 atom stereocenters. The van der Waals surface area contributed by atoms with E-state index >= 15 is 0 Å². The molecule has 1 aromatic rings. The van der Waals surface area contributed by atoms with Crippen molar-refractivity contribution in [1.82, 2.24) is 15.1 Å². The van der Waals surface area contributed by atoms with Gasteiger partial charge in [0.25, 0.3) is 5.91 Å². The van der Waals surface area contributed by atoms with Crippen LogP contribution >= 0.6 is 0 Å². The second-order valence-electron chi connectivity index (χ2n) is 9.08. The first kappa shape index (κ1) is 22.3. The van der Waals surface area contributed by atoms with E-state index in [0.717, 1.165) is 49.0 Å². The fourth-order valence-electron chi connectivity index (χ4n) is 4.82. The number of urea groups is 1. The first-order valence-electron chi connectivity index (χ1n) is 11.3. The minimum atomic E-state index is -1.14.